The van der Waals surface area contributed by atoms with Crippen LogP contribution in [0.3, 0.4) is 0 Å². The molecule has 2 rings (SSSR count). The Bertz CT molecular complexity index is 501. The second-order valence-corrected chi connectivity index (χ2v) is 7.14. The van der Waals surface area contributed by atoms with E-state index >= 15 is 0 Å². The minimum atomic E-state index is -0.00975. The quantitative estimate of drug-likeness (QED) is 0.758. The first-order valence-corrected chi connectivity index (χ1v) is 8.34. The Balaban J connectivity index is 1.97. The lowest BCUT2D eigenvalue weighted by Crippen LogP contribution is -2.62. The number of hydrogen-bond donors (Lipinski definition) is 0. The van der Waals surface area contributed by atoms with Crippen LogP contribution in [-0.4, -0.2) is 46.2 Å². The molecule has 0 radical (unpaired) electrons. The van der Waals surface area contributed by atoms with Crippen molar-refractivity contribution in [1.29, 1.82) is 0 Å². The van der Waals surface area contributed by atoms with Crippen LogP contribution >= 0.6 is 11.5 Å². The number of aromatic nitrogens is 2. The number of rotatable bonds is 6. The van der Waals surface area contributed by atoms with Crippen LogP contribution in [0.1, 0.15) is 55.4 Å². The van der Waals surface area contributed by atoms with Crippen molar-refractivity contribution in [3.8, 4) is 0 Å². The number of nitrogens with zero attached hydrogens (tertiary/aromatic N) is 3. The Labute approximate surface area is 130 Å². The molecule has 1 heterocycles. The van der Waals surface area contributed by atoms with Gasteiger partial charge in [-0.25, -0.2) is 0 Å². The topological polar surface area (TPSA) is 55.3 Å². The zero-order valence-corrected chi connectivity index (χ0v) is 14.4. The van der Waals surface area contributed by atoms with Gasteiger partial charge in [-0.05, 0) is 31.3 Å². The van der Waals surface area contributed by atoms with Gasteiger partial charge in [-0.3, -0.25) is 4.79 Å². The van der Waals surface area contributed by atoms with Crippen LogP contribution in [0.2, 0.25) is 0 Å². The summed E-state index contributed by atoms with van der Waals surface area (Å²) in [7, 11) is 1.87. The summed E-state index contributed by atoms with van der Waals surface area (Å²) in [6.07, 6.45) is 3.39. The summed E-state index contributed by atoms with van der Waals surface area (Å²) in [4.78, 5) is 15.0. The van der Waals surface area contributed by atoms with Gasteiger partial charge in [-0.2, -0.15) is 0 Å². The molecule has 0 aliphatic heterocycles. The highest BCUT2D eigenvalue weighted by molar-refractivity contribution is 7.07. The SMILES string of the molecule is CCCCO[C@H]1C[C@@H](N(C)C(=O)c2snnc2C)C1(C)C. The first kappa shape index (κ1) is 16.4. The number of carbonyl (C=O) groups is 1. The summed E-state index contributed by atoms with van der Waals surface area (Å²) >= 11 is 1.17. The zero-order chi connectivity index (χ0) is 15.6. The van der Waals surface area contributed by atoms with E-state index in [1.54, 1.807) is 0 Å². The highest BCUT2D eigenvalue weighted by Gasteiger charge is 2.52. The molecule has 118 valence electrons. The minimum absolute atomic E-state index is 0.00975. The van der Waals surface area contributed by atoms with Crippen molar-refractivity contribution in [2.24, 2.45) is 5.41 Å². The van der Waals surface area contributed by atoms with Gasteiger partial charge in [0.25, 0.3) is 5.91 Å². The van der Waals surface area contributed by atoms with Crippen molar-refractivity contribution in [3.63, 3.8) is 0 Å². The summed E-state index contributed by atoms with van der Waals surface area (Å²) in [6.45, 7) is 9.16. The maximum Gasteiger partial charge on any atom is 0.267 e. The second kappa shape index (κ2) is 6.40. The molecule has 21 heavy (non-hydrogen) atoms. The Hall–Kier alpha value is -1.01. The van der Waals surface area contributed by atoms with Crippen LogP contribution in [0.4, 0.5) is 0 Å². The van der Waals surface area contributed by atoms with Crippen LogP contribution in [0, 0.1) is 12.3 Å². The van der Waals surface area contributed by atoms with Crippen molar-refractivity contribution in [2.75, 3.05) is 13.7 Å². The van der Waals surface area contributed by atoms with E-state index in [-0.39, 0.29) is 23.5 Å². The van der Waals surface area contributed by atoms with E-state index in [2.05, 4.69) is 30.4 Å². The molecule has 1 saturated carbocycles. The highest BCUT2D eigenvalue weighted by atomic mass is 32.1. The molecule has 0 N–H and O–H groups in total. The maximum absolute atomic E-state index is 12.5. The molecule has 5 nitrogen and oxygen atoms in total. The fourth-order valence-corrected chi connectivity index (χ4v) is 3.54. The molecule has 1 aromatic heterocycles. The van der Waals surface area contributed by atoms with Crippen molar-refractivity contribution in [1.82, 2.24) is 14.5 Å². The van der Waals surface area contributed by atoms with Gasteiger partial charge in [-0.15, -0.1) is 5.10 Å². The molecule has 1 amide bonds. The third-order valence-corrected chi connectivity index (χ3v) is 5.39. The Morgan fingerprint density at radius 2 is 2.24 bits per heavy atom. The highest BCUT2D eigenvalue weighted by Crippen LogP contribution is 2.46. The van der Waals surface area contributed by atoms with E-state index in [4.69, 9.17) is 4.74 Å². The monoisotopic (exact) mass is 311 g/mol. The van der Waals surface area contributed by atoms with Gasteiger partial charge in [0.2, 0.25) is 0 Å². The average Bonchev–Trinajstić information content (AvgIpc) is 2.86. The maximum atomic E-state index is 12.5. The van der Waals surface area contributed by atoms with Gasteiger partial charge >= 0.3 is 0 Å². The van der Waals surface area contributed by atoms with Crippen molar-refractivity contribution in [3.05, 3.63) is 10.6 Å². The third-order valence-electron chi connectivity index (χ3n) is 4.58. The molecule has 0 saturated heterocycles. The number of amides is 1. The minimum Gasteiger partial charge on any atom is -0.378 e. The predicted octanol–water partition coefficient (Wildman–Crippen LogP) is 2.90. The normalized spacial score (nSPS) is 23.7. The summed E-state index contributed by atoms with van der Waals surface area (Å²) in [6, 6.07) is 0.207. The molecule has 0 spiro atoms. The molecule has 1 aliphatic carbocycles. The van der Waals surface area contributed by atoms with Gasteiger partial charge < -0.3 is 9.64 Å². The smallest absolute Gasteiger partial charge is 0.267 e. The fourth-order valence-electron chi connectivity index (χ4n) is 2.90. The van der Waals surface area contributed by atoms with E-state index in [1.165, 1.54) is 11.5 Å². The van der Waals surface area contributed by atoms with Crippen molar-refractivity contribution < 1.29 is 9.53 Å². The van der Waals surface area contributed by atoms with Crippen LogP contribution in [0.15, 0.2) is 0 Å². The fraction of sp³-hybridized carbons (Fsp3) is 0.800. The molecule has 0 aromatic carbocycles. The van der Waals surface area contributed by atoms with Crippen LogP contribution in [0.25, 0.3) is 0 Å². The van der Waals surface area contributed by atoms with E-state index in [9.17, 15) is 4.79 Å². The summed E-state index contributed by atoms with van der Waals surface area (Å²) in [5.74, 6) is 0.0209. The molecule has 1 aromatic rings. The lowest BCUT2D eigenvalue weighted by Gasteiger charge is -2.54. The average molecular weight is 311 g/mol. The van der Waals surface area contributed by atoms with E-state index in [1.807, 2.05) is 18.9 Å². The molecular weight excluding hydrogens is 286 g/mol. The first-order valence-electron chi connectivity index (χ1n) is 7.57. The van der Waals surface area contributed by atoms with Gasteiger partial charge in [0, 0.05) is 25.1 Å². The van der Waals surface area contributed by atoms with Crippen LogP contribution in [-0.2, 0) is 4.74 Å². The molecule has 2 atom stereocenters. The van der Waals surface area contributed by atoms with Gasteiger partial charge in [0.05, 0.1) is 11.8 Å². The number of carbonyl (C=O) groups excluding carboxylic acids is 1. The lowest BCUT2D eigenvalue weighted by atomic mass is 9.63. The standard InChI is InChI=1S/C15H25N3O2S/c1-6-7-8-20-12-9-11(15(12,3)4)18(5)14(19)13-10(2)16-17-21-13/h11-12H,6-9H2,1-5H3/t11-,12+/m1/s1. The molecule has 1 fully saturated rings. The second-order valence-electron chi connectivity index (χ2n) is 6.39. The van der Waals surface area contributed by atoms with Crippen molar-refractivity contribution in [2.45, 2.75) is 59.1 Å². The number of aryl methyl sites for hydroxylation is 1. The van der Waals surface area contributed by atoms with Crippen molar-refractivity contribution >= 4 is 17.4 Å². The molecule has 6 heteroatoms. The summed E-state index contributed by atoms with van der Waals surface area (Å²) < 4.78 is 9.80. The molecule has 0 unspecified atom stereocenters. The van der Waals surface area contributed by atoms with Gasteiger partial charge in [0.15, 0.2) is 0 Å². The van der Waals surface area contributed by atoms with E-state index < -0.39 is 0 Å². The third kappa shape index (κ3) is 3.11. The van der Waals surface area contributed by atoms with Gasteiger partial charge in [0.1, 0.15) is 4.88 Å². The largest absolute Gasteiger partial charge is 0.378 e. The summed E-state index contributed by atoms with van der Waals surface area (Å²) in [5, 5.41) is 3.92. The lowest BCUT2D eigenvalue weighted by molar-refractivity contribution is -0.140. The van der Waals surface area contributed by atoms with Crippen LogP contribution in [0.5, 0.6) is 0 Å². The Morgan fingerprint density at radius 3 is 2.76 bits per heavy atom. The predicted molar refractivity (Wildman–Crippen MR) is 83.6 cm³/mol. The van der Waals surface area contributed by atoms with E-state index in [0.717, 1.165) is 25.9 Å². The van der Waals surface area contributed by atoms with Gasteiger partial charge in [-0.1, -0.05) is 31.7 Å². The molecule has 1 aliphatic rings. The molecule has 0 bridgehead atoms. The Morgan fingerprint density at radius 1 is 1.52 bits per heavy atom. The number of ether oxygens (including phenoxy) is 1. The first-order chi connectivity index (χ1) is 9.89. The zero-order valence-electron chi connectivity index (χ0n) is 13.5. The van der Waals surface area contributed by atoms with E-state index in [0.29, 0.717) is 10.6 Å². The number of hydrogen-bond acceptors (Lipinski definition) is 5. The van der Waals surface area contributed by atoms with Crippen LogP contribution < -0.4 is 0 Å². The number of unbranched alkanes of at least 4 members (excludes halogenated alkanes) is 1. The molecular formula is C15H25N3O2S. The Kier molecular flexibility index (Phi) is 4.99. The summed E-state index contributed by atoms with van der Waals surface area (Å²) in [5.41, 5.74) is 0.703.